The van der Waals surface area contributed by atoms with Crippen LogP contribution in [0.5, 0.6) is 0 Å². The number of esters is 1. The molecule has 3 heteroatoms. The Kier molecular flexibility index (Phi) is 4.37. The van der Waals surface area contributed by atoms with Gasteiger partial charge in [0, 0.05) is 19.5 Å². The fraction of sp³-hybridized carbons (Fsp3) is 0.533. The minimum Gasteiger partial charge on any atom is -0.469 e. The molecule has 0 amide bonds. The summed E-state index contributed by atoms with van der Waals surface area (Å²) in [6, 6.07) is 8.62. The summed E-state index contributed by atoms with van der Waals surface area (Å²) in [5.74, 6) is 0.375. The van der Waals surface area contributed by atoms with Gasteiger partial charge in [-0.05, 0) is 31.4 Å². The van der Waals surface area contributed by atoms with Crippen molar-refractivity contribution in [1.82, 2.24) is 4.90 Å². The zero-order valence-electron chi connectivity index (χ0n) is 11.2. The third kappa shape index (κ3) is 3.57. The molecule has 1 unspecified atom stereocenters. The normalized spacial score (nSPS) is 20.0. The molecule has 0 saturated carbocycles. The third-order valence-electron chi connectivity index (χ3n) is 3.54. The maximum Gasteiger partial charge on any atom is 0.305 e. The number of hydrogen-bond donors (Lipinski definition) is 0. The van der Waals surface area contributed by atoms with Crippen LogP contribution in [0.2, 0.25) is 0 Å². The predicted octanol–water partition coefficient (Wildman–Crippen LogP) is 2.38. The molecule has 1 aliphatic heterocycles. The monoisotopic (exact) mass is 247 g/mol. The van der Waals surface area contributed by atoms with E-state index in [1.54, 1.807) is 0 Å². The van der Waals surface area contributed by atoms with Crippen LogP contribution in [0.1, 0.15) is 24.0 Å². The van der Waals surface area contributed by atoms with Crippen molar-refractivity contribution in [3.05, 3.63) is 35.4 Å². The summed E-state index contributed by atoms with van der Waals surface area (Å²) >= 11 is 0. The second kappa shape index (κ2) is 6.01. The molecular formula is C15H21NO2. The minimum atomic E-state index is -0.0857. The van der Waals surface area contributed by atoms with E-state index >= 15 is 0 Å². The fourth-order valence-corrected chi connectivity index (χ4v) is 2.61. The molecule has 0 radical (unpaired) electrons. The Morgan fingerprint density at radius 1 is 1.50 bits per heavy atom. The molecule has 2 rings (SSSR count). The van der Waals surface area contributed by atoms with Crippen LogP contribution >= 0.6 is 0 Å². The van der Waals surface area contributed by atoms with Crippen LogP contribution in [-0.4, -0.2) is 31.1 Å². The summed E-state index contributed by atoms with van der Waals surface area (Å²) < 4.78 is 4.72. The molecule has 1 aliphatic rings. The van der Waals surface area contributed by atoms with E-state index in [2.05, 4.69) is 36.1 Å². The van der Waals surface area contributed by atoms with Crippen LogP contribution in [0.25, 0.3) is 0 Å². The molecule has 98 valence electrons. The minimum absolute atomic E-state index is 0.0857. The predicted molar refractivity (Wildman–Crippen MR) is 71.2 cm³/mol. The van der Waals surface area contributed by atoms with Gasteiger partial charge in [-0.2, -0.15) is 0 Å². The van der Waals surface area contributed by atoms with Gasteiger partial charge < -0.3 is 4.74 Å². The highest BCUT2D eigenvalue weighted by atomic mass is 16.5. The van der Waals surface area contributed by atoms with Crippen LogP contribution in [-0.2, 0) is 16.1 Å². The first kappa shape index (κ1) is 13.1. The lowest BCUT2D eigenvalue weighted by atomic mass is 10.1. The zero-order chi connectivity index (χ0) is 13.0. The van der Waals surface area contributed by atoms with Gasteiger partial charge in [0.15, 0.2) is 0 Å². The molecule has 1 atom stereocenters. The molecule has 1 fully saturated rings. The molecule has 0 N–H and O–H groups in total. The number of methoxy groups -OCH3 is 1. The van der Waals surface area contributed by atoms with E-state index in [9.17, 15) is 4.79 Å². The van der Waals surface area contributed by atoms with Gasteiger partial charge in [0.2, 0.25) is 0 Å². The molecule has 1 heterocycles. The van der Waals surface area contributed by atoms with E-state index in [1.807, 2.05) is 0 Å². The Bertz CT molecular complexity index is 417. The number of aryl methyl sites for hydroxylation is 1. The smallest absolute Gasteiger partial charge is 0.305 e. The molecule has 0 aromatic heterocycles. The van der Waals surface area contributed by atoms with Gasteiger partial charge in [0.25, 0.3) is 0 Å². The Balaban J connectivity index is 1.84. The first-order chi connectivity index (χ1) is 8.67. The Hall–Kier alpha value is -1.35. The SMILES string of the molecule is COC(=O)CC1CCN(Cc2cccc(C)c2)C1. The van der Waals surface area contributed by atoms with E-state index < -0.39 is 0 Å². The van der Waals surface area contributed by atoms with Crippen LogP contribution in [0.3, 0.4) is 0 Å². The summed E-state index contributed by atoms with van der Waals surface area (Å²) in [5.41, 5.74) is 2.66. The fourth-order valence-electron chi connectivity index (χ4n) is 2.61. The van der Waals surface area contributed by atoms with Crippen molar-refractivity contribution in [3.8, 4) is 0 Å². The van der Waals surface area contributed by atoms with Gasteiger partial charge in [0.1, 0.15) is 0 Å². The van der Waals surface area contributed by atoms with E-state index in [1.165, 1.54) is 18.2 Å². The van der Waals surface area contributed by atoms with Crippen molar-refractivity contribution in [2.75, 3.05) is 20.2 Å². The molecule has 0 bridgehead atoms. The van der Waals surface area contributed by atoms with Gasteiger partial charge in [0.05, 0.1) is 7.11 Å². The van der Waals surface area contributed by atoms with Gasteiger partial charge in [-0.25, -0.2) is 0 Å². The molecule has 0 aliphatic carbocycles. The van der Waals surface area contributed by atoms with Gasteiger partial charge in [-0.15, -0.1) is 0 Å². The highest BCUT2D eigenvalue weighted by molar-refractivity contribution is 5.69. The zero-order valence-corrected chi connectivity index (χ0v) is 11.2. The summed E-state index contributed by atoms with van der Waals surface area (Å²) in [6.07, 6.45) is 1.65. The van der Waals surface area contributed by atoms with Gasteiger partial charge >= 0.3 is 5.97 Å². The van der Waals surface area contributed by atoms with Crippen molar-refractivity contribution in [2.45, 2.75) is 26.3 Å². The number of likely N-dealkylation sites (tertiary alicyclic amines) is 1. The number of ether oxygens (including phenoxy) is 1. The maximum atomic E-state index is 11.2. The van der Waals surface area contributed by atoms with Crippen LogP contribution in [0, 0.1) is 12.8 Å². The van der Waals surface area contributed by atoms with Crippen molar-refractivity contribution < 1.29 is 9.53 Å². The van der Waals surface area contributed by atoms with Gasteiger partial charge in [-0.1, -0.05) is 29.8 Å². The number of carbonyl (C=O) groups is 1. The first-order valence-electron chi connectivity index (χ1n) is 6.52. The van der Waals surface area contributed by atoms with Crippen molar-refractivity contribution in [1.29, 1.82) is 0 Å². The molecule has 3 nitrogen and oxygen atoms in total. The number of rotatable bonds is 4. The average molecular weight is 247 g/mol. The van der Waals surface area contributed by atoms with Crippen LogP contribution in [0.15, 0.2) is 24.3 Å². The summed E-state index contributed by atoms with van der Waals surface area (Å²) in [7, 11) is 1.46. The standard InChI is InChI=1S/C15H21NO2/c1-12-4-3-5-13(8-12)10-16-7-6-14(11-16)9-15(17)18-2/h3-5,8,14H,6-7,9-11H2,1-2H3. The highest BCUT2D eigenvalue weighted by Gasteiger charge is 2.24. The summed E-state index contributed by atoms with van der Waals surface area (Å²) in [5, 5.41) is 0. The van der Waals surface area contributed by atoms with E-state index in [0.29, 0.717) is 12.3 Å². The van der Waals surface area contributed by atoms with Crippen molar-refractivity contribution in [2.24, 2.45) is 5.92 Å². The molecule has 1 aromatic rings. The Morgan fingerprint density at radius 3 is 3.06 bits per heavy atom. The largest absolute Gasteiger partial charge is 0.469 e. The van der Waals surface area contributed by atoms with Crippen LogP contribution in [0.4, 0.5) is 0 Å². The quantitative estimate of drug-likeness (QED) is 0.765. The number of nitrogens with zero attached hydrogens (tertiary/aromatic N) is 1. The third-order valence-corrected chi connectivity index (χ3v) is 3.54. The highest BCUT2D eigenvalue weighted by Crippen LogP contribution is 2.22. The van der Waals surface area contributed by atoms with E-state index in [4.69, 9.17) is 4.74 Å². The second-order valence-electron chi connectivity index (χ2n) is 5.16. The molecule has 1 saturated heterocycles. The lowest BCUT2D eigenvalue weighted by molar-refractivity contribution is -0.141. The molecular weight excluding hydrogens is 226 g/mol. The topological polar surface area (TPSA) is 29.5 Å². The Morgan fingerprint density at radius 2 is 2.33 bits per heavy atom. The first-order valence-corrected chi connectivity index (χ1v) is 6.52. The lowest BCUT2D eigenvalue weighted by Crippen LogP contribution is -2.21. The summed E-state index contributed by atoms with van der Waals surface area (Å²) in [4.78, 5) is 13.7. The average Bonchev–Trinajstić information content (AvgIpc) is 2.76. The number of carbonyl (C=O) groups excluding carboxylic acids is 1. The Labute approximate surface area is 109 Å². The van der Waals surface area contributed by atoms with Gasteiger partial charge in [-0.3, -0.25) is 9.69 Å². The summed E-state index contributed by atoms with van der Waals surface area (Å²) in [6.45, 7) is 5.19. The lowest BCUT2D eigenvalue weighted by Gasteiger charge is -2.16. The van der Waals surface area contributed by atoms with E-state index in [-0.39, 0.29) is 5.97 Å². The number of benzene rings is 1. The molecule has 0 spiro atoms. The molecule has 1 aromatic carbocycles. The maximum absolute atomic E-state index is 11.2. The van der Waals surface area contributed by atoms with E-state index in [0.717, 1.165) is 26.1 Å². The van der Waals surface area contributed by atoms with Crippen LogP contribution < -0.4 is 0 Å². The molecule has 18 heavy (non-hydrogen) atoms. The second-order valence-corrected chi connectivity index (χ2v) is 5.16. The number of hydrogen-bond acceptors (Lipinski definition) is 3. The van der Waals surface area contributed by atoms with Crippen molar-refractivity contribution in [3.63, 3.8) is 0 Å². The van der Waals surface area contributed by atoms with Crippen molar-refractivity contribution >= 4 is 5.97 Å².